The fraction of sp³-hybridized carbons (Fsp3) is 0.500. The number of likely N-dealkylation sites (tertiary alicyclic amines) is 1. The zero-order valence-electron chi connectivity index (χ0n) is 8.93. The largest absolute Gasteiger partial charge is 0.295 e. The fourth-order valence-electron chi connectivity index (χ4n) is 2.16. The number of benzene rings is 1. The topological polar surface area (TPSA) is 3.24 Å². The second-order valence-corrected chi connectivity index (χ2v) is 4.80. The average Bonchev–Trinajstić information content (AvgIpc) is 2.71. The zero-order chi connectivity index (χ0) is 11.5. The molecule has 1 aromatic rings. The zero-order valence-corrected chi connectivity index (χ0v) is 10.5. The predicted molar refractivity (Wildman–Crippen MR) is 63.6 cm³/mol. The Bertz CT molecular complexity index is 370. The van der Waals surface area contributed by atoms with Crippen LogP contribution < -0.4 is 0 Å². The van der Waals surface area contributed by atoms with E-state index in [1.165, 1.54) is 12.1 Å². The normalized spacial score (nSPS) is 21.6. The summed E-state index contributed by atoms with van der Waals surface area (Å²) in [6.07, 6.45) is 2.26. The Balaban J connectivity index is 2.11. The number of alkyl halides is 1. The summed E-state index contributed by atoms with van der Waals surface area (Å²) >= 11 is 3.45. The first-order chi connectivity index (χ1) is 7.70. The van der Waals surface area contributed by atoms with Crippen LogP contribution in [0.3, 0.4) is 0 Å². The van der Waals surface area contributed by atoms with Gasteiger partial charge in [0.15, 0.2) is 0 Å². The van der Waals surface area contributed by atoms with Gasteiger partial charge in [-0.05, 0) is 37.6 Å². The molecule has 1 heterocycles. The van der Waals surface area contributed by atoms with Crippen LogP contribution in [0.5, 0.6) is 0 Å². The molecule has 1 aromatic carbocycles. The summed E-state index contributed by atoms with van der Waals surface area (Å²) in [5, 5.41) is 0.893. The quantitative estimate of drug-likeness (QED) is 0.772. The van der Waals surface area contributed by atoms with Gasteiger partial charge in [0.05, 0.1) is 0 Å². The lowest BCUT2D eigenvalue weighted by Gasteiger charge is -2.22. The van der Waals surface area contributed by atoms with E-state index in [1.54, 1.807) is 0 Å². The van der Waals surface area contributed by atoms with Crippen molar-refractivity contribution in [3.63, 3.8) is 0 Å². The highest BCUT2D eigenvalue weighted by molar-refractivity contribution is 9.09. The SMILES string of the molecule is Fc1ccc(F)c(CN2CCCC2CBr)c1. The standard InChI is InChI=1S/C12H14BrF2N/c13-7-11-2-1-5-16(11)8-9-6-10(14)3-4-12(9)15/h3-4,6,11H,1-2,5,7-8H2. The van der Waals surface area contributed by atoms with Gasteiger partial charge in [-0.25, -0.2) is 8.78 Å². The summed E-state index contributed by atoms with van der Waals surface area (Å²) in [4.78, 5) is 2.20. The molecule has 16 heavy (non-hydrogen) atoms. The van der Waals surface area contributed by atoms with Crippen molar-refractivity contribution in [3.8, 4) is 0 Å². The molecule has 0 spiro atoms. The van der Waals surface area contributed by atoms with E-state index in [0.29, 0.717) is 18.2 Å². The Morgan fingerprint density at radius 3 is 2.94 bits per heavy atom. The average molecular weight is 290 g/mol. The predicted octanol–water partition coefficient (Wildman–Crippen LogP) is 3.32. The van der Waals surface area contributed by atoms with Crippen LogP contribution in [0.2, 0.25) is 0 Å². The molecule has 0 radical (unpaired) electrons. The molecule has 0 N–H and O–H groups in total. The summed E-state index contributed by atoms with van der Waals surface area (Å²) in [7, 11) is 0. The molecule has 1 aliphatic heterocycles. The molecule has 1 unspecified atom stereocenters. The first kappa shape index (κ1) is 12.0. The molecular weight excluding hydrogens is 276 g/mol. The van der Waals surface area contributed by atoms with Crippen LogP contribution in [0.4, 0.5) is 8.78 Å². The molecule has 0 aliphatic carbocycles. The third-order valence-corrected chi connectivity index (χ3v) is 3.81. The highest BCUT2D eigenvalue weighted by atomic mass is 79.9. The van der Waals surface area contributed by atoms with Crippen LogP contribution in [-0.4, -0.2) is 22.8 Å². The number of hydrogen-bond donors (Lipinski definition) is 0. The highest BCUT2D eigenvalue weighted by Gasteiger charge is 2.24. The van der Waals surface area contributed by atoms with E-state index in [0.717, 1.165) is 30.8 Å². The van der Waals surface area contributed by atoms with E-state index in [1.807, 2.05) is 0 Å². The minimum atomic E-state index is -0.369. The van der Waals surface area contributed by atoms with E-state index in [4.69, 9.17) is 0 Å². The first-order valence-corrected chi connectivity index (χ1v) is 6.57. The number of halogens is 3. The second-order valence-electron chi connectivity index (χ2n) is 4.16. The summed E-state index contributed by atoms with van der Waals surface area (Å²) < 4.78 is 26.5. The van der Waals surface area contributed by atoms with Gasteiger partial charge < -0.3 is 0 Å². The Morgan fingerprint density at radius 2 is 2.19 bits per heavy atom. The molecule has 4 heteroatoms. The molecular formula is C12H14BrF2N. The van der Waals surface area contributed by atoms with Gasteiger partial charge in [0, 0.05) is 23.5 Å². The summed E-state index contributed by atoms with van der Waals surface area (Å²) in [6, 6.07) is 4.09. The van der Waals surface area contributed by atoms with Gasteiger partial charge in [0.2, 0.25) is 0 Å². The minimum Gasteiger partial charge on any atom is -0.295 e. The van der Waals surface area contributed by atoms with E-state index >= 15 is 0 Å². The molecule has 1 saturated heterocycles. The molecule has 0 saturated carbocycles. The molecule has 0 bridgehead atoms. The van der Waals surface area contributed by atoms with Crippen LogP contribution in [-0.2, 0) is 6.54 Å². The summed E-state index contributed by atoms with van der Waals surface area (Å²) in [5.74, 6) is -0.687. The second kappa shape index (κ2) is 5.23. The molecule has 2 rings (SSSR count). The molecule has 88 valence electrons. The van der Waals surface area contributed by atoms with Crippen molar-refractivity contribution in [2.24, 2.45) is 0 Å². The Hall–Kier alpha value is -0.480. The summed E-state index contributed by atoms with van der Waals surface area (Å²) in [6.45, 7) is 1.46. The number of nitrogens with zero attached hydrogens (tertiary/aromatic N) is 1. The fourth-order valence-corrected chi connectivity index (χ4v) is 2.89. The van der Waals surface area contributed by atoms with Gasteiger partial charge in [-0.2, -0.15) is 0 Å². The summed E-state index contributed by atoms with van der Waals surface area (Å²) in [5.41, 5.74) is 0.452. The maximum Gasteiger partial charge on any atom is 0.127 e. The maximum atomic E-state index is 13.4. The van der Waals surface area contributed by atoms with Crippen molar-refractivity contribution >= 4 is 15.9 Å². The lowest BCUT2D eigenvalue weighted by molar-refractivity contribution is 0.260. The van der Waals surface area contributed by atoms with Crippen LogP contribution >= 0.6 is 15.9 Å². The smallest absolute Gasteiger partial charge is 0.127 e. The minimum absolute atomic E-state index is 0.318. The van der Waals surface area contributed by atoms with E-state index < -0.39 is 0 Å². The van der Waals surface area contributed by atoms with E-state index in [9.17, 15) is 8.78 Å². The van der Waals surface area contributed by atoms with Crippen molar-refractivity contribution in [1.82, 2.24) is 4.90 Å². The first-order valence-electron chi connectivity index (χ1n) is 5.44. The van der Waals surface area contributed by atoms with Crippen LogP contribution in [0, 0.1) is 11.6 Å². The van der Waals surface area contributed by atoms with Crippen molar-refractivity contribution < 1.29 is 8.78 Å². The lowest BCUT2D eigenvalue weighted by atomic mass is 10.2. The van der Waals surface area contributed by atoms with Crippen molar-refractivity contribution in [2.45, 2.75) is 25.4 Å². The van der Waals surface area contributed by atoms with Crippen molar-refractivity contribution in [2.75, 3.05) is 11.9 Å². The Labute approximate surface area is 103 Å². The molecule has 1 nitrogen and oxygen atoms in total. The van der Waals surface area contributed by atoms with Gasteiger partial charge in [0.1, 0.15) is 11.6 Å². The maximum absolute atomic E-state index is 13.4. The third-order valence-electron chi connectivity index (χ3n) is 3.06. The van der Waals surface area contributed by atoms with Gasteiger partial charge >= 0.3 is 0 Å². The Kier molecular flexibility index (Phi) is 3.92. The van der Waals surface area contributed by atoms with Crippen molar-refractivity contribution in [1.29, 1.82) is 0 Å². The van der Waals surface area contributed by atoms with E-state index in [-0.39, 0.29) is 11.6 Å². The van der Waals surface area contributed by atoms with Gasteiger partial charge in [-0.3, -0.25) is 4.90 Å². The molecule has 1 aliphatic rings. The van der Waals surface area contributed by atoms with Gasteiger partial charge in [-0.15, -0.1) is 0 Å². The molecule has 0 amide bonds. The number of hydrogen-bond acceptors (Lipinski definition) is 1. The van der Waals surface area contributed by atoms with Gasteiger partial charge in [0.25, 0.3) is 0 Å². The van der Waals surface area contributed by atoms with Crippen LogP contribution in [0.15, 0.2) is 18.2 Å². The lowest BCUT2D eigenvalue weighted by Crippen LogP contribution is -2.30. The molecule has 0 aromatic heterocycles. The monoisotopic (exact) mass is 289 g/mol. The molecule has 1 atom stereocenters. The Morgan fingerprint density at radius 1 is 1.38 bits per heavy atom. The molecule has 1 fully saturated rings. The van der Waals surface area contributed by atoms with Crippen LogP contribution in [0.1, 0.15) is 18.4 Å². The van der Waals surface area contributed by atoms with E-state index in [2.05, 4.69) is 20.8 Å². The number of rotatable bonds is 3. The third kappa shape index (κ3) is 2.61. The van der Waals surface area contributed by atoms with Crippen LogP contribution in [0.25, 0.3) is 0 Å². The van der Waals surface area contributed by atoms with Crippen molar-refractivity contribution in [3.05, 3.63) is 35.4 Å². The highest BCUT2D eigenvalue weighted by Crippen LogP contribution is 2.22. The van der Waals surface area contributed by atoms with Gasteiger partial charge in [-0.1, -0.05) is 15.9 Å².